The van der Waals surface area contributed by atoms with Crippen LogP contribution >= 0.6 is 0 Å². The van der Waals surface area contributed by atoms with Gasteiger partial charge in [-0.2, -0.15) is 0 Å². The van der Waals surface area contributed by atoms with Crippen molar-refractivity contribution in [2.24, 2.45) is 7.05 Å². The van der Waals surface area contributed by atoms with E-state index in [-0.39, 0.29) is 18.7 Å². The number of aromatic nitrogens is 2. The number of nitrogens with zero attached hydrogens (tertiary/aromatic N) is 3. The Hall–Kier alpha value is -3.17. The molecule has 0 saturated heterocycles. The summed E-state index contributed by atoms with van der Waals surface area (Å²) in [7, 11) is 1.79. The fourth-order valence-corrected chi connectivity index (χ4v) is 2.79. The molecule has 1 aromatic heterocycles. The third-order valence-electron chi connectivity index (χ3n) is 4.09. The van der Waals surface area contributed by atoms with Crippen LogP contribution in [0.5, 0.6) is 0 Å². The summed E-state index contributed by atoms with van der Waals surface area (Å²) in [6.45, 7) is 7.04. The lowest BCUT2D eigenvalue weighted by molar-refractivity contribution is -0.384. The SMILES string of the molecule is CCOC(=O)[C@H](CCc1nc2cc([N+](=O)[O-])ccc2n1C)NC(=O)OC(C)(C)C. The lowest BCUT2D eigenvalue weighted by Gasteiger charge is -2.22. The summed E-state index contributed by atoms with van der Waals surface area (Å²) in [5.41, 5.74) is 0.482. The van der Waals surface area contributed by atoms with Gasteiger partial charge in [-0.15, -0.1) is 0 Å². The second-order valence-electron chi connectivity index (χ2n) is 7.51. The molecule has 29 heavy (non-hydrogen) atoms. The number of nitrogens with one attached hydrogen (secondary N) is 1. The maximum atomic E-state index is 12.2. The molecule has 0 radical (unpaired) electrons. The zero-order chi connectivity index (χ0) is 21.8. The van der Waals surface area contributed by atoms with E-state index < -0.39 is 28.6 Å². The molecule has 10 nitrogen and oxygen atoms in total. The molecule has 158 valence electrons. The number of carbonyl (C=O) groups excluding carboxylic acids is 2. The van der Waals surface area contributed by atoms with Gasteiger partial charge >= 0.3 is 12.1 Å². The number of benzene rings is 1. The zero-order valence-electron chi connectivity index (χ0n) is 17.2. The van der Waals surface area contributed by atoms with Gasteiger partial charge in [-0.3, -0.25) is 10.1 Å². The first-order valence-corrected chi connectivity index (χ1v) is 9.27. The number of rotatable bonds is 7. The molecule has 0 bridgehead atoms. The van der Waals surface area contributed by atoms with E-state index in [9.17, 15) is 19.7 Å². The van der Waals surface area contributed by atoms with E-state index in [0.717, 1.165) is 5.52 Å². The average molecular weight is 406 g/mol. The minimum absolute atomic E-state index is 0.0434. The molecule has 0 fully saturated rings. The number of amides is 1. The normalized spacial score (nSPS) is 12.4. The van der Waals surface area contributed by atoms with Crippen LogP contribution in [-0.2, 0) is 27.7 Å². The summed E-state index contributed by atoms with van der Waals surface area (Å²) < 4.78 is 12.1. The molecule has 0 unspecified atom stereocenters. The Balaban J connectivity index is 2.17. The quantitative estimate of drug-likeness (QED) is 0.426. The maximum Gasteiger partial charge on any atom is 0.408 e. The summed E-state index contributed by atoms with van der Waals surface area (Å²) in [5, 5.41) is 13.5. The number of ether oxygens (including phenoxy) is 2. The lowest BCUT2D eigenvalue weighted by atomic mass is 10.1. The first-order chi connectivity index (χ1) is 13.5. The summed E-state index contributed by atoms with van der Waals surface area (Å²) in [5.74, 6) is 0.0635. The molecule has 2 aromatic rings. The topological polar surface area (TPSA) is 126 Å². The first-order valence-electron chi connectivity index (χ1n) is 9.27. The van der Waals surface area contributed by atoms with E-state index in [1.54, 1.807) is 45.4 Å². The predicted octanol–water partition coefficient (Wildman–Crippen LogP) is 2.87. The average Bonchev–Trinajstić information content (AvgIpc) is 2.92. The third-order valence-corrected chi connectivity index (χ3v) is 4.09. The Morgan fingerprint density at radius 3 is 2.62 bits per heavy atom. The Bertz CT molecular complexity index is 915. The molecule has 0 aliphatic carbocycles. The fourth-order valence-electron chi connectivity index (χ4n) is 2.79. The summed E-state index contributed by atoms with van der Waals surface area (Å²) in [4.78, 5) is 39.2. The van der Waals surface area contributed by atoms with E-state index in [0.29, 0.717) is 17.8 Å². The Morgan fingerprint density at radius 2 is 2.03 bits per heavy atom. The molecule has 0 saturated carbocycles. The van der Waals surface area contributed by atoms with E-state index in [2.05, 4.69) is 10.3 Å². The molecule has 0 aliphatic heterocycles. The summed E-state index contributed by atoms with van der Waals surface area (Å²) in [6, 6.07) is 3.55. The first kappa shape index (κ1) is 22.1. The van der Waals surface area contributed by atoms with Gasteiger partial charge in [0.1, 0.15) is 17.5 Å². The summed E-state index contributed by atoms with van der Waals surface area (Å²) in [6.07, 6.45) is -0.133. The molecule has 0 aliphatic rings. The van der Waals surface area contributed by atoms with E-state index in [1.165, 1.54) is 12.1 Å². The Morgan fingerprint density at radius 1 is 1.34 bits per heavy atom. The van der Waals surface area contributed by atoms with Crippen LogP contribution in [0.1, 0.15) is 39.9 Å². The van der Waals surface area contributed by atoms with Gasteiger partial charge in [-0.1, -0.05) is 0 Å². The second kappa shape index (κ2) is 8.89. The number of esters is 1. The van der Waals surface area contributed by atoms with E-state index >= 15 is 0 Å². The number of nitro benzene ring substituents is 1. The molecule has 1 atom stereocenters. The number of nitro groups is 1. The molecule has 10 heteroatoms. The molecule has 1 N–H and O–H groups in total. The minimum atomic E-state index is -0.904. The predicted molar refractivity (Wildman–Crippen MR) is 105 cm³/mol. The van der Waals surface area contributed by atoms with Gasteiger partial charge in [0.05, 0.1) is 22.6 Å². The number of fused-ring (bicyclic) bond motifs is 1. The van der Waals surface area contributed by atoms with Crippen molar-refractivity contribution in [1.29, 1.82) is 0 Å². The van der Waals surface area contributed by atoms with Crippen molar-refractivity contribution in [3.63, 3.8) is 0 Å². The summed E-state index contributed by atoms with van der Waals surface area (Å²) >= 11 is 0. The van der Waals surface area contributed by atoms with Crippen LogP contribution in [0.4, 0.5) is 10.5 Å². The molecule has 1 amide bonds. The van der Waals surface area contributed by atoms with Crippen molar-refractivity contribution in [2.75, 3.05) is 6.61 Å². The van der Waals surface area contributed by atoms with Crippen LogP contribution in [0.25, 0.3) is 11.0 Å². The van der Waals surface area contributed by atoms with Gasteiger partial charge < -0.3 is 19.4 Å². The molecule has 1 heterocycles. The maximum absolute atomic E-state index is 12.2. The van der Waals surface area contributed by atoms with Gasteiger partial charge in [0, 0.05) is 25.6 Å². The van der Waals surface area contributed by atoms with Gasteiger partial charge in [0.15, 0.2) is 0 Å². The Kier molecular flexibility index (Phi) is 6.78. The number of hydrogen-bond donors (Lipinski definition) is 1. The number of hydrogen-bond acceptors (Lipinski definition) is 7. The van der Waals surface area contributed by atoms with Crippen LogP contribution < -0.4 is 5.32 Å². The highest BCUT2D eigenvalue weighted by molar-refractivity contribution is 5.81. The van der Waals surface area contributed by atoms with Crippen LogP contribution in [0.2, 0.25) is 0 Å². The van der Waals surface area contributed by atoms with E-state index in [4.69, 9.17) is 9.47 Å². The number of aryl methyl sites for hydroxylation is 2. The molecular weight excluding hydrogens is 380 g/mol. The van der Waals surface area contributed by atoms with Gasteiger partial charge in [0.25, 0.3) is 5.69 Å². The van der Waals surface area contributed by atoms with Crippen LogP contribution in [0, 0.1) is 10.1 Å². The monoisotopic (exact) mass is 406 g/mol. The second-order valence-corrected chi connectivity index (χ2v) is 7.51. The van der Waals surface area contributed by atoms with Crippen LogP contribution in [-0.4, -0.2) is 44.8 Å². The minimum Gasteiger partial charge on any atom is -0.464 e. The number of imidazole rings is 1. The van der Waals surface area contributed by atoms with Crippen molar-refractivity contribution in [3.05, 3.63) is 34.1 Å². The van der Waals surface area contributed by atoms with Gasteiger partial charge in [-0.25, -0.2) is 14.6 Å². The molecule has 2 rings (SSSR count). The molecule has 1 aromatic carbocycles. The van der Waals surface area contributed by atoms with Crippen molar-refractivity contribution in [3.8, 4) is 0 Å². The third kappa shape index (κ3) is 5.90. The fraction of sp³-hybridized carbons (Fsp3) is 0.526. The van der Waals surface area contributed by atoms with Crippen molar-refractivity contribution in [1.82, 2.24) is 14.9 Å². The molecule has 0 spiro atoms. The smallest absolute Gasteiger partial charge is 0.408 e. The van der Waals surface area contributed by atoms with Crippen LogP contribution in [0.15, 0.2) is 18.2 Å². The standard InChI is InChI=1S/C19H26N4O6/c1-6-28-17(24)13(21-18(25)29-19(2,3)4)8-10-16-20-14-11-12(23(26)27)7-9-15(14)22(16)5/h7,9,11,13H,6,8,10H2,1-5H3,(H,21,25)/t13-/m0/s1. The van der Waals surface area contributed by atoms with Crippen LogP contribution in [0.3, 0.4) is 0 Å². The highest BCUT2D eigenvalue weighted by Gasteiger charge is 2.26. The van der Waals surface area contributed by atoms with Gasteiger partial charge in [0.2, 0.25) is 0 Å². The lowest BCUT2D eigenvalue weighted by Crippen LogP contribution is -2.44. The number of alkyl carbamates (subject to hydrolysis) is 1. The number of non-ortho nitro benzene ring substituents is 1. The van der Waals surface area contributed by atoms with Crippen molar-refractivity contribution < 1.29 is 24.0 Å². The van der Waals surface area contributed by atoms with Crippen molar-refractivity contribution in [2.45, 2.75) is 52.2 Å². The van der Waals surface area contributed by atoms with Gasteiger partial charge in [-0.05, 0) is 40.2 Å². The molecular formula is C19H26N4O6. The zero-order valence-corrected chi connectivity index (χ0v) is 17.2. The largest absolute Gasteiger partial charge is 0.464 e. The highest BCUT2D eigenvalue weighted by Crippen LogP contribution is 2.22. The van der Waals surface area contributed by atoms with Crippen molar-refractivity contribution >= 4 is 28.8 Å². The van der Waals surface area contributed by atoms with E-state index in [1.807, 2.05) is 0 Å². The Labute approximate surface area is 168 Å². The number of carbonyl (C=O) groups is 2. The highest BCUT2D eigenvalue weighted by atomic mass is 16.6.